The third-order valence-corrected chi connectivity index (χ3v) is 3.65. The molecule has 0 aromatic heterocycles. The van der Waals surface area contributed by atoms with Gasteiger partial charge in [-0.15, -0.1) is 0 Å². The number of nitrogens with zero attached hydrogens (tertiary/aromatic N) is 1. The zero-order valence-corrected chi connectivity index (χ0v) is 8.87. The lowest BCUT2D eigenvalue weighted by Crippen LogP contribution is -2.49. The van der Waals surface area contributed by atoms with Gasteiger partial charge >= 0.3 is 6.09 Å². The highest BCUT2D eigenvalue weighted by molar-refractivity contribution is 5.68. The molecule has 2 aliphatic rings. The van der Waals surface area contributed by atoms with Crippen LogP contribution in [0.15, 0.2) is 0 Å². The van der Waals surface area contributed by atoms with Crippen molar-refractivity contribution in [2.24, 2.45) is 5.92 Å². The van der Waals surface area contributed by atoms with E-state index in [9.17, 15) is 4.79 Å². The predicted octanol–water partition coefficient (Wildman–Crippen LogP) is 2.41. The fourth-order valence-corrected chi connectivity index (χ4v) is 2.97. The fourth-order valence-electron chi connectivity index (χ4n) is 2.97. The summed E-state index contributed by atoms with van der Waals surface area (Å²) in [5.74, 6) is 0.747. The van der Waals surface area contributed by atoms with Gasteiger partial charge in [0.2, 0.25) is 0 Å². The monoisotopic (exact) mass is 197 g/mol. The van der Waals surface area contributed by atoms with Crippen LogP contribution in [-0.2, 0) is 4.74 Å². The second-order valence-corrected chi connectivity index (χ2v) is 4.42. The smallest absolute Gasteiger partial charge is 0.409 e. The summed E-state index contributed by atoms with van der Waals surface area (Å²) < 4.78 is 4.83. The Balaban J connectivity index is 2.04. The molecule has 1 heterocycles. The van der Waals surface area contributed by atoms with Gasteiger partial charge in [-0.1, -0.05) is 12.8 Å². The zero-order chi connectivity index (χ0) is 9.97. The molecular weight excluding hydrogens is 178 g/mol. The Labute approximate surface area is 85.4 Å². The van der Waals surface area contributed by atoms with Crippen LogP contribution in [0.2, 0.25) is 0 Å². The van der Waals surface area contributed by atoms with Crippen molar-refractivity contribution in [1.82, 2.24) is 4.90 Å². The van der Waals surface area contributed by atoms with Crippen LogP contribution < -0.4 is 0 Å². The number of piperidine rings is 1. The first-order chi connectivity index (χ1) is 6.83. The first-order valence-electron chi connectivity index (χ1n) is 5.67. The number of amides is 1. The Morgan fingerprint density at radius 3 is 2.71 bits per heavy atom. The number of ether oxygens (including phenoxy) is 1. The van der Waals surface area contributed by atoms with Crippen molar-refractivity contribution in [3.63, 3.8) is 0 Å². The summed E-state index contributed by atoms with van der Waals surface area (Å²) in [5.41, 5.74) is 0. The van der Waals surface area contributed by atoms with Crippen LogP contribution in [-0.4, -0.2) is 30.7 Å². The fraction of sp³-hybridized carbons (Fsp3) is 0.909. The summed E-state index contributed by atoms with van der Waals surface area (Å²) in [6.07, 6.45) is 7.43. The average Bonchev–Trinajstić information content (AvgIpc) is 2.27. The molecule has 0 aromatic carbocycles. The van der Waals surface area contributed by atoms with E-state index in [2.05, 4.69) is 0 Å². The lowest BCUT2D eigenvalue weighted by Gasteiger charge is -2.43. The van der Waals surface area contributed by atoms with Crippen LogP contribution in [0.1, 0.15) is 38.5 Å². The predicted molar refractivity (Wildman–Crippen MR) is 54.1 cm³/mol. The summed E-state index contributed by atoms with van der Waals surface area (Å²) in [6, 6.07) is 0.477. The normalized spacial score (nSPS) is 32.2. The van der Waals surface area contributed by atoms with Gasteiger partial charge in [-0.25, -0.2) is 4.79 Å². The van der Waals surface area contributed by atoms with Crippen LogP contribution >= 0.6 is 0 Å². The molecule has 3 nitrogen and oxygen atoms in total. The minimum absolute atomic E-state index is 0.124. The molecule has 0 bridgehead atoms. The molecule has 1 saturated carbocycles. The lowest BCUT2D eigenvalue weighted by molar-refractivity contribution is 0.0476. The zero-order valence-electron chi connectivity index (χ0n) is 8.87. The number of hydrogen-bond acceptors (Lipinski definition) is 2. The molecule has 1 amide bonds. The molecule has 3 heteroatoms. The van der Waals surface area contributed by atoms with E-state index >= 15 is 0 Å². The number of likely N-dealkylation sites (tertiary alicyclic amines) is 1. The van der Waals surface area contributed by atoms with Crippen LogP contribution in [0.4, 0.5) is 4.79 Å². The first-order valence-corrected chi connectivity index (χ1v) is 5.67. The van der Waals surface area contributed by atoms with Crippen LogP contribution in [0, 0.1) is 5.92 Å². The topological polar surface area (TPSA) is 29.5 Å². The van der Waals surface area contributed by atoms with E-state index in [1.165, 1.54) is 39.2 Å². The highest BCUT2D eigenvalue weighted by Gasteiger charge is 2.35. The second kappa shape index (κ2) is 4.20. The van der Waals surface area contributed by atoms with E-state index in [0.29, 0.717) is 6.04 Å². The molecule has 1 aliphatic heterocycles. The highest BCUT2D eigenvalue weighted by atomic mass is 16.5. The molecule has 1 saturated heterocycles. The van der Waals surface area contributed by atoms with Gasteiger partial charge in [0.25, 0.3) is 0 Å². The Kier molecular flexibility index (Phi) is 2.94. The van der Waals surface area contributed by atoms with Crippen molar-refractivity contribution in [2.45, 2.75) is 44.6 Å². The standard InChI is InChI=1S/C11H19NO2/c1-14-11(13)12-8-4-6-9-5-2-3-7-10(9)12/h9-10H,2-8H2,1H3/t9-,10-/m0/s1. The molecule has 2 atom stereocenters. The number of carbonyl (C=O) groups is 1. The Morgan fingerprint density at radius 2 is 1.93 bits per heavy atom. The van der Waals surface area contributed by atoms with Crippen molar-refractivity contribution in [2.75, 3.05) is 13.7 Å². The minimum Gasteiger partial charge on any atom is -0.453 e. The molecule has 1 aliphatic carbocycles. The second-order valence-electron chi connectivity index (χ2n) is 4.42. The third kappa shape index (κ3) is 1.72. The van der Waals surface area contributed by atoms with E-state index < -0.39 is 0 Å². The lowest BCUT2D eigenvalue weighted by atomic mass is 9.78. The summed E-state index contributed by atoms with van der Waals surface area (Å²) in [5, 5.41) is 0. The number of rotatable bonds is 0. The molecule has 0 spiro atoms. The van der Waals surface area contributed by atoms with Crippen molar-refractivity contribution >= 4 is 6.09 Å². The number of methoxy groups -OCH3 is 1. The van der Waals surface area contributed by atoms with Crippen molar-refractivity contribution < 1.29 is 9.53 Å². The van der Waals surface area contributed by atoms with E-state index in [0.717, 1.165) is 18.9 Å². The molecule has 2 rings (SSSR count). The maximum Gasteiger partial charge on any atom is 0.409 e. The van der Waals surface area contributed by atoms with E-state index in [1.807, 2.05) is 4.90 Å². The van der Waals surface area contributed by atoms with Gasteiger partial charge in [0, 0.05) is 12.6 Å². The van der Waals surface area contributed by atoms with Crippen LogP contribution in [0.5, 0.6) is 0 Å². The van der Waals surface area contributed by atoms with Crippen molar-refractivity contribution in [3.8, 4) is 0 Å². The molecule has 14 heavy (non-hydrogen) atoms. The van der Waals surface area contributed by atoms with E-state index in [4.69, 9.17) is 4.74 Å². The Morgan fingerprint density at radius 1 is 1.21 bits per heavy atom. The number of fused-ring (bicyclic) bond motifs is 1. The van der Waals surface area contributed by atoms with Crippen LogP contribution in [0.3, 0.4) is 0 Å². The van der Waals surface area contributed by atoms with Gasteiger partial charge in [-0.05, 0) is 31.6 Å². The Hall–Kier alpha value is -0.730. The molecular formula is C11H19NO2. The molecule has 0 radical (unpaired) electrons. The number of hydrogen-bond donors (Lipinski definition) is 0. The Bertz CT molecular complexity index is 215. The maximum atomic E-state index is 11.5. The van der Waals surface area contributed by atoms with Gasteiger partial charge in [-0.2, -0.15) is 0 Å². The van der Waals surface area contributed by atoms with Crippen molar-refractivity contribution in [1.29, 1.82) is 0 Å². The largest absolute Gasteiger partial charge is 0.453 e. The SMILES string of the molecule is COC(=O)N1CCC[C@@H]2CCCC[C@@H]21. The summed E-state index contributed by atoms with van der Waals surface area (Å²) in [4.78, 5) is 13.5. The van der Waals surface area contributed by atoms with E-state index in [1.54, 1.807) is 0 Å². The van der Waals surface area contributed by atoms with Gasteiger partial charge in [-0.3, -0.25) is 0 Å². The first kappa shape index (κ1) is 9.81. The summed E-state index contributed by atoms with van der Waals surface area (Å²) >= 11 is 0. The third-order valence-electron chi connectivity index (χ3n) is 3.65. The summed E-state index contributed by atoms with van der Waals surface area (Å²) in [7, 11) is 1.48. The highest BCUT2D eigenvalue weighted by Crippen LogP contribution is 2.35. The molecule has 0 unspecified atom stereocenters. The van der Waals surface area contributed by atoms with Crippen molar-refractivity contribution in [3.05, 3.63) is 0 Å². The maximum absolute atomic E-state index is 11.5. The van der Waals surface area contributed by atoms with Gasteiger partial charge in [0.15, 0.2) is 0 Å². The van der Waals surface area contributed by atoms with Gasteiger partial charge in [0.05, 0.1) is 7.11 Å². The minimum atomic E-state index is -0.124. The summed E-state index contributed by atoms with van der Waals surface area (Å²) in [6.45, 7) is 0.897. The van der Waals surface area contributed by atoms with E-state index in [-0.39, 0.29) is 6.09 Å². The van der Waals surface area contributed by atoms with Gasteiger partial charge < -0.3 is 9.64 Å². The van der Waals surface area contributed by atoms with Gasteiger partial charge in [0.1, 0.15) is 0 Å². The molecule has 0 aromatic rings. The average molecular weight is 197 g/mol. The number of carbonyl (C=O) groups excluding carboxylic acids is 1. The molecule has 2 fully saturated rings. The quantitative estimate of drug-likeness (QED) is 0.597. The van der Waals surface area contributed by atoms with Crippen LogP contribution in [0.25, 0.3) is 0 Å². The molecule has 0 N–H and O–H groups in total. The molecule has 80 valence electrons.